The summed E-state index contributed by atoms with van der Waals surface area (Å²) in [5.41, 5.74) is 1.36. The summed E-state index contributed by atoms with van der Waals surface area (Å²) in [6, 6.07) is 0. The molecule has 0 spiro atoms. The van der Waals surface area contributed by atoms with Crippen LogP contribution in [0.15, 0.2) is 6.20 Å². The van der Waals surface area contributed by atoms with Crippen molar-refractivity contribution in [3.8, 4) is 0 Å². The summed E-state index contributed by atoms with van der Waals surface area (Å²) in [6.07, 6.45) is 1.05. The van der Waals surface area contributed by atoms with Gasteiger partial charge in [-0.1, -0.05) is 0 Å². The van der Waals surface area contributed by atoms with Gasteiger partial charge in [-0.15, -0.1) is 0 Å². The van der Waals surface area contributed by atoms with Gasteiger partial charge in [0, 0.05) is 7.05 Å². The maximum Gasteiger partial charge on any atom is 0.320 e. The van der Waals surface area contributed by atoms with Crippen LogP contribution >= 0.6 is 0 Å². The maximum atomic E-state index is 12.1. The summed E-state index contributed by atoms with van der Waals surface area (Å²) in [5.74, 6) is -0.598. The summed E-state index contributed by atoms with van der Waals surface area (Å²) < 4.78 is 1.16. The van der Waals surface area contributed by atoms with E-state index >= 15 is 0 Å². The number of amides is 1. The predicted molar refractivity (Wildman–Crippen MR) is 65.9 cm³/mol. The highest BCUT2D eigenvalue weighted by Crippen LogP contribution is 2.21. The molecule has 0 aromatic carbocycles. The van der Waals surface area contributed by atoms with E-state index in [1.807, 2.05) is 0 Å². The number of aromatic amines is 1. The number of nitrogens with one attached hydrogen (secondary N) is 2. The molecule has 0 atom stereocenters. The molecule has 0 aliphatic carbocycles. The zero-order valence-corrected chi connectivity index (χ0v) is 10.6. The lowest BCUT2D eigenvalue weighted by atomic mass is 10.3. The van der Waals surface area contributed by atoms with E-state index in [-0.39, 0.29) is 11.4 Å². The number of H-pyrrole nitrogens is 1. The van der Waals surface area contributed by atoms with Crippen molar-refractivity contribution in [3.05, 3.63) is 33.4 Å². The third-order valence-corrected chi connectivity index (χ3v) is 2.70. The molecule has 1 amide bonds. The molecule has 9 nitrogen and oxygen atoms in total. The summed E-state index contributed by atoms with van der Waals surface area (Å²) in [7, 11) is 1.47. The zero-order chi connectivity index (χ0) is 14.2. The van der Waals surface area contributed by atoms with Gasteiger partial charge in [0.2, 0.25) is 5.69 Å². The van der Waals surface area contributed by atoms with Crippen molar-refractivity contribution in [1.82, 2.24) is 20.0 Å². The highest BCUT2D eigenvalue weighted by molar-refractivity contribution is 6.06. The van der Waals surface area contributed by atoms with E-state index in [4.69, 9.17) is 0 Å². The third kappa shape index (κ3) is 2.17. The van der Waals surface area contributed by atoms with Gasteiger partial charge in [-0.25, -0.2) is 0 Å². The van der Waals surface area contributed by atoms with Crippen LogP contribution in [0.25, 0.3) is 0 Å². The Balaban J connectivity index is 2.36. The van der Waals surface area contributed by atoms with Crippen molar-refractivity contribution < 1.29 is 9.72 Å². The molecule has 100 valence electrons. The topological polar surface area (TPSA) is 119 Å². The van der Waals surface area contributed by atoms with Crippen LogP contribution in [0.1, 0.15) is 21.9 Å². The zero-order valence-electron chi connectivity index (χ0n) is 10.6. The second-order valence-electron chi connectivity index (χ2n) is 4.02. The SMILES string of the molecule is Cc1n[nH]c(C)c1NC(=O)c1c([N+](=O)[O-])cnn1C. The first-order valence-electron chi connectivity index (χ1n) is 5.41. The van der Waals surface area contributed by atoms with Crippen LogP contribution in [0.4, 0.5) is 11.4 Å². The Morgan fingerprint density at radius 2 is 2.21 bits per heavy atom. The monoisotopic (exact) mass is 264 g/mol. The smallest absolute Gasteiger partial charge is 0.317 e. The summed E-state index contributed by atoms with van der Waals surface area (Å²) in [6.45, 7) is 3.46. The van der Waals surface area contributed by atoms with Crippen molar-refractivity contribution in [1.29, 1.82) is 0 Å². The van der Waals surface area contributed by atoms with Crippen molar-refractivity contribution >= 4 is 17.3 Å². The fourth-order valence-corrected chi connectivity index (χ4v) is 1.73. The molecule has 0 fully saturated rings. The number of nitrogens with zero attached hydrogens (tertiary/aromatic N) is 4. The molecule has 0 aliphatic heterocycles. The van der Waals surface area contributed by atoms with Crippen LogP contribution in [-0.2, 0) is 7.05 Å². The molecule has 2 rings (SSSR count). The third-order valence-electron chi connectivity index (χ3n) is 2.70. The minimum absolute atomic E-state index is 0.106. The Labute approximate surface area is 107 Å². The molecule has 2 aromatic rings. The first kappa shape index (κ1) is 12.7. The molecule has 0 unspecified atom stereocenters. The summed E-state index contributed by atoms with van der Waals surface area (Å²) >= 11 is 0. The van der Waals surface area contributed by atoms with Crippen LogP contribution in [0.5, 0.6) is 0 Å². The average molecular weight is 264 g/mol. The van der Waals surface area contributed by atoms with E-state index in [1.165, 1.54) is 7.05 Å². The normalized spacial score (nSPS) is 10.5. The fraction of sp³-hybridized carbons (Fsp3) is 0.300. The first-order chi connectivity index (χ1) is 8.91. The standard InChI is InChI=1S/C10H12N6O3/c1-5-8(6(2)14-13-5)12-10(17)9-7(16(18)19)4-11-15(9)3/h4H,1-3H3,(H,12,17)(H,13,14). The molecule has 2 aromatic heterocycles. The van der Waals surface area contributed by atoms with E-state index in [9.17, 15) is 14.9 Å². The van der Waals surface area contributed by atoms with E-state index in [1.54, 1.807) is 13.8 Å². The number of hydrogen-bond donors (Lipinski definition) is 2. The Morgan fingerprint density at radius 3 is 2.74 bits per heavy atom. The Kier molecular flexibility index (Phi) is 3.03. The van der Waals surface area contributed by atoms with Gasteiger partial charge in [0.05, 0.1) is 22.0 Å². The lowest BCUT2D eigenvalue weighted by Crippen LogP contribution is -2.18. The molecule has 0 radical (unpaired) electrons. The molecule has 19 heavy (non-hydrogen) atoms. The molecule has 0 aliphatic rings. The highest BCUT2D eigenvalue weighted by Gasteiger charge is 2.26. The lowest BCUT2D eigenvalue weighted by molar-refractivity contribution is -0.385. The van der Waals surface area contributed by atoms with Gasteiger partial charge in [-0.3, -0.25) is 24.7 Å². The van der Waals surface area contributed by atoms with Crippen molar-refractivity contribution in [3.63, 3.8) is 0 Å². The van der Waals surface area contributed by atoms with Crippen LogP contribution in [0.3, 0.4) is 0 Å². The van der Waals surface area contributed by atoms with E-state index in [0.29, 0.717) is 17.1 Å². The van der Waals surface area contributed by atoms with Crippen LogP contribution in [0.2, 0.25) is 0 Å². The predicted octanol–water partition coefficient (Wildman–Crippen LogP) is 0.921. The number of anilines is 1. The second-order valence-corrected chi connectivity index (χ2v) is 4.02. The largest absolute Gasteiger partial charge is 0.320 e. The van der Waals surface area contributed by atoms with Gasteiger partial charge in [0.25, 0.3) is 5.91 Å². The van der Waals surface area contributed by atoms with Gasteiger partial charge in [0.1, 0.15) is 6.20 Å². The van der Waals surface area contributed by atoms with Gasteiger partial charge in [-0.2, -0.15) is 10.2 Å². The number of carbonyl (C=O) groups is 1. The number of carbonyl (C=O) groups excluding carboxylic acids is 1. The first-order valence-corrected chi connectivity index (χ1v) is 5.41. The quantitative estimate of drug-likeness (QED) is 0.631. The van der Waals surface area contributed by atoms with Gasteiger partial charge in [-0.05, 0) is 13.8 Å². The summed E-state index contributed by atoms with van der Waals surface area (Å²) in [5, 5.41) is 23.8. The molecule has 2 N–H and O–H groups in total. The van der Waals surface area contributed by atoms with Crippen molar-refractivity contribution in [2.45, 2.75) is 13.8 Å². The number of aryl methyl sites for hydroxylation is 3. The molecular weight excluding hydrogens is 252 g/mol. The van der Waals surface area contributed by atoms with E-state index in [0.717, 1.165) is 10.9 Å². The molecule has 0 saturated carbocycles. The molecule has 0 saturated heterocycles. The Hall–Kier alpha value is -2.71. The van der Waals surface area contributed by atoms with Crippen LogP contribution in [-0.4, -0.2) is 30.8 Å². The lowest BCUT2D eigenvalue weighted by Gasteiger charge is -2.05. The fourth-order valence-electron chi connectivity index (χ4n) is 1.73. The number of nitro groups is 1. The minimum Gasteiger partial charge on any atom is -0.317 e. The van der Waals surface area contributed by atoms with Crippen molar-refractivity contribution in [2.24, 2.45) is 7.05 Å². The second kappa shape index (κ2) is 4.52. The average Bonchev–Trinajstić information content (AvgIpc) is 2.86. The van der Waals surface area contributed by atoms with Crippen LogP contribution < -0.4 is 5.32 Å². The van der Waals surface area contributed by atoms with Gasteiger partial charge >= 0.3 is 5.69 Å². The summed E-state index contributed by atoms with van der Waals surface area (Å²) in [4.78, 5) is 22.3. The number of aromatic nitrogens is 4. The minimum atomic E-state index is -0.642. The Morgan fingerprint density at radius 1 is 1.53 bits per heavy atom. The van der Waals surface area contributed by atoms with E-state index < -0.39 is 10.8 Å². The molecule has 9 heteroatoms. The Bertz CT molecular complexity index is 637. The molecular formula is C10H12N6O3. The van der Waals surface area contributed by atoms with Crippen molar-refractivity contribution in [2.75, 3.05) is 5.32 Å². The van der Waals surface area contributed by atoms with Crippen LogP contribution in [0, 0.1) is 24.0 Å². The maximum absolute atomic E-state index is 12.1. The van der Waals surface area contributed by atoms with Gasteiger partial charge < -0.3 is 5.32 Å². The number of hydrogen-bond acceptors (Lipinski definition) is 5. The molecule has 2 heterocycles. The number of rotatable bonds is 3. The van der Waals surface area contributed by atoms with E-state index in [2.05, 4.69) is 20.6 Å². The molecule has 0 bridgehead atoms. The van der Waals surface area contributed by atoms with Gasteiger partial charge in [0.15, 0.2) is 0 Å². The highest BCUT2D eigenvalue weighted by atomic mass is 16.6.